The maximum absolute atomic E-state index is 10.6. The second-order valence-electron chi connectivity index (χ2n) is 3.38. The summed E-state index contributed by atoms with van der Waals surface area (Å²) >= 11 is 0. The lowest BCUT2D eigenvalue weighted by Gasteiger charge is -2.27. The maximum Gasteiger partial charge on any atom is 0.527 e. The fourth-order valence-electron chi connectivity index (χ4n) is 1.59. The predicted octanol–water partition coefficient (Wildman–Crippen LogP) is 1.23. The van der Waals surface area contributed by atoms with E-state index in [1.54, 1.807) is 7.11 Å². The van der Waals surface area contributed by atoms with E-state index in [1.165, 1.54) is 7.11 Å². The highest BCUT2D eigenvalue weighted by Crippen LogP contribution is 2.20. The summed E-state index contributed by atoms with van der Waals surface area (Å²) in [6, 6.07) is 0.223. The van der Waals surface area contributed by atoms with E-state index in [0.717, 1.165) is 25.7 Å². The van der Waals surface area contributed by atoms with E-state index in [-0.39, 0.29) is 6.04 Å². The number of ether oxygens (including phenoxy) is 2. The smallest absolute Gasteiger partial charge is 0.436 e. The van der Waals surface area contributed by atoms with Gasteiger partial charge < -0.3 is 14.3 Å². The summed E-state index contributed by atoms with van der Waals surface area (Å²) < 4.78 is 9.56. The van der Waals surface area contributed by atoms with Crippen molar-refractivity contribution in [2.24, 2.45) is 0 Å². The van der Waals surface area contributed by atoms with Crippen molar-refractivity contribution in [1.29, 1.82) is 0 Å². The second-order valence-corrected chi connectivity index (χ2v) is 3.38. The molecule has 82 valence electrons. The van der Waals surface area contributed by atoms with E-state index in [1.807, 2.05) is 0 Å². The molecule has 1 aliphatic rings. The number of carbonyl (C=O) groups is 1. The molecule has 0 aromatic carbocycles. The number of hydroxylamine groups is 1. The van der Waals surface area contributed by atoms with Gasteiger partial charge in [0, 0.05) is 13.2 Å². The largest absolute Gasteiger partial charge is 0.527 e. The average molecular weight is 203 g/mol. The first-order valence-electron chi connectivity index (χ1n) is 4.79. The van der Waals surface area contributed by atoms with Crippen LogP contribution >= 0.6 is 0 Å². The Balaban J connectivity index is 2.13. The molecule has 0 saturated heterocycles. The molecule has 1 saturated carbocycles. The van der Waals surface area contributed by atoms with Crippen LogP contribution in [0.3, 0.4) is 0 Å². The number of methoxy groups -OCH3 is 2. The molecule has 14 heavy (non-hydrogen) atoms. The molecule has 0 spiro atoms. The lowest BCUT2D eigenvalue weighted by molar-refractivity contribution is -0.00536. The topological polar surface area (TPSA) is 56.8 Å². The van der Waals surface area contributed by atoms with Crippen LogP contribution in [0.1, 0.15) is 25.7 Å². The fourth-order valence-corrected chi connectivity index (χ4v) is 1.59. The lowest BCUT2D eigenvalue weighted by atomic mass is 9.94. The number of rotatable bonds is 3. The van der Waals surface area contributed by atoms with Gasteiger partial charge in [0.25, 0.3) is 0 Å². The van der Waals surface area contributed by atoms with Crippen molar-refractivity contribution in [3.63, 3.8) is 0 Å². The summed E-state index contributed by atoms with van der Waals surface area (Å²) in [5.41, 5.74) is 2.69. The van der Waals surface area contributed by atoms with Crippen LogP contribution in [0, 0.1) is 0 Å². The normalized spacial score (nSPS) is 27.0. The van der Waals surface area contributed by atoms with Gasteiger partial charge in [0.05, 0.1) is 13.2 Å². The van der Waals surface area contributed by atoms with Gasteiger partial charge >= 0.3 is 6.16 Å². The summed E-state index contributed by atoms with van der Waals surface area (Å²) in [6.07, 6.45) is 3.56. The average Bonchev–Trinajstić information content (AvgIpc) is 2.26. The minimum absolute atomic E-state index is 0.223. The first-order chi connectivity index (χ1) is 6.76. The molecule has 0 aromatic rings. The van der Waals surface area contributed by atoms with E-state index < -0.39 is 6.16 Å². The Morgan fingerprint density at radius 2 is 1.86 bits per heavy atom. The molecule has 5 nitrogen and oxygen atoms in total. The van der Waals surface area contributed by atoms with Crippen molar-refractivity contribution < 1.29 is 19.1 Å². The minimum Gasteiger partial charge on any atom is -0.436 e. The summed E-state index contributed by atoms with van der Waals surface area (Å²) in [5, 5.41) is 0. The summed E-state index contributed by atoms with van der Waals surface area (Å²) in [4.78, 5) is 15.3. The highest BCUT2D eigenvalue weighted by atomic mass is 16.8. The molecule has 1 aliphatic carbocycles. The Morgan fingerprint density at radius 1 is 1.21 bits per heavy atom. The molecule has 1 N–H and O–H groups in total. The monoisotopic (exact) mass is 203 g/mol. The van der Waals surface area contributed by atoms with Gasteiger partial charge in [-0.2, -0.15) is 0 Å². The van der Waals surface area contributed by atoms with Crippen molar-refractivity contribution >= 4 is 6.16 Å². The molecule has 0 heterocycles. The van der Waals surface area contributed by atoms with Gasteiger partial charge in [0.15, 0.2) is 0 Å². The number of hydrogen-bond donors (Lipinski definition) is 1. The van der Waals surface area contributed by atoms with Crippen molar-refractivity contribution in [2.75, 3.05) is 14.2 Å². The zero-order valence-electron chi connectivity index (χ0n) is 8.62. The zero-order chi connectivity index (χ0) is 10.4. The van der Waals surface area contributed by atoms with Crippen molar-refractivity contribution in [3.05, 3.63) is 0 Å². The van der Waals surface area contributed by atoms with Gasteiger partial charge in [-0.05, 0) is 25.7 Å². The van der Waals surface area contributed by atoms with Gasteiger partial charge in [-0.3, -0.25) is 0 Å². The third-order valence-corrected chi connectivity index (χ3v) is 2.48. The Hall–Kier alpha value is -0.810. The number of hydrogen-bond acceptors (Lipinski definition) is 5. The molecule has 5 heteroatoms. The van der Waals surface area contributed by atoms with Gasteiger partial charge in [-0.25, -0.2) is 4.79 Å². The predicted molar refractivity (Wildman–Crippen MR) is 49.7 cm³/mol. The minimum atomic E-state index is -0.695. The third kappa shape index (κ3) is 3.51. The molecule has 0 amide bonds. The van der Waals surface area contributed by atoms with Crippen LogP contribution in [0.4, 0.5) is 4.79 Å². The lowest BCUT2D eigenvalue weighted by Crippen LogP contribution is -2.36. The molecule has 0 unspecified atom stereocenters. The SMILES string of the molecule is COC(=O)ONC1CCC(OC)CC1. The van der Waals surface area contributed by atoms with Gasteiger partial charge in [0.1, 0.15) is 0 Å². The Bertz CT molecular complexity index is 178. The van der Waals surface area contributed by atoms with E-state index in [2.05, 4.69) is 15.1 Å². The van der Waals surface area contributed by atoms with Crippen LogP contribution in [-0.4, -0.2) is 32.5 Å². The molecule has 1 fully saturated rings. The number of nitrogens with one attached hydrogen (secondary N) is 1. The Morgan fingerprint density at radius 3 is 2.36 bits per heavy atom. The van der Waals surface area contributed by atoms with E-state index >= 15 is 0 Å². The zero-order valence-corrected chi connectivity index (χ0v) is 8.62. The van der Waals surface area contributed by atoms with Crippen LogP contribution in [0.2, 0.25) is 0 Å². The van der Waals surface area contributed by atoms with Gasteiger partial charge in [-0.15, -0.1) is 5.48 Å². The van der Waals surface area contributed by atoms with Crippen LogP contribution in [0.15, 0.2) is 0 Å². The van der Waals surface area contributed by atoms with Gasteiger partial charge in [0.2, 0.25) is 0 Å². The van der Waals surface area contributed by atoms with Crippen LogP contribution in [0.25, 0.3) is 0 Å². The highest BCUT2D eigenvalue weighted by Gasteiger charge is 2.21. The van der Waals surface area contributed by atoms with E-state index in [0.29, 0.717) is 6.10 Å². The highest BCUT2D eigenvalue weighted by molar-refractivity contribution is 5.59. The molecular weight excluding hydrogens is 186 g/mol. The molecule has 0 atom stereocenters. The van der Waals surface area contributed by atoms with Crippen molar-refractivity contribution in [3.8, 4) is 0 Å². The van der Waals surface area contributed by atoms with Crippen LogP contribution in [0.5, 0.6) is 0 Å². The summed E-state index contributed by atoms with van der Waals surface area (Å²) in [6.45, 7) is 0. The Kier molecular flexibility index (Phi) is 4.69. The molecule has 1 rings (SSSR count). The van der Waals surface area contributed by atoms with Gasteiger partial charge in [-0.1, -0.05) is 0 Å². The quantitative estimate of drug-likeness (QED) is 0.552. The van der Waals surface area contributed by atoms with E-state index in [9.17, 15) is 4.79 Å². The van der Waals surface area contributed by atoms with Crippen molar-refractivity contribution in [2.45, 2.75) is 37.8 Å². The Labute approximate surface area is 83.7 Å². The van der Waals surface area contributed by atoms with Crippen LogP contribution < -0.4 is 5.48 Å². The first kappa shape index (κ1) is 11.3. The molecule has 0 bridgehead atoms. The third-order valence-electron chi connectivity index (χ3n) is 2.48. The fraction of sp³-hybridized carbons (Fsp3) is 0.889. The first-order valence-corrected chi connectivity index (χ1v) is 4.79. The molecule has 0 radical (unpaired) electrons. The maximum atomic E-state index is 10.6. The van der Waals surface area contributed by atoms with E-state index in [4.69, 9.17) is 4.74 Å². The molecular formula is C9H17NO4. The molecule has 0 aromatic heterocycles. The molecule has 0 aliphatic heterocycles. The second kappa shape index (κ2) is 5.82. The van der Waals surface area contributed by atoms with Crippen LogP contribution in [-0.2, 0) is 14.3 Å². The standard InChI is InChI=1S/C9H17NO4/c1-12-8-5-3-7(4-6-8)10-14-9(11)13-2/h7-8,10H,3-6H2,1-2H3. The van der Waals surface area contributed by atoms with Crippen molar-refractivity contribution in [1.82, 2.24) is 5.48 Å². The summed E-state index contributed by atoms with van der Waals surface area (Å²) in [7, 11) is 3.01. The summed E-state index contributed by atoms with van der Waals surface area (Å²) in [5.74, 6) is 0. The number of carbonyl (C=O) groups excluding carboxylic acids is 1.